The maximum Gasteiger partial charge on any atom is 0.386 e. The van der Waals surface area contributed by atoms with Gasteiger partial charge in [0.1, 0.15) is 36.3 Å². The highest BCUT2D eigenvalue weighted by atomic mass is 32.7. The summed E-state index contributed by atoms with van der Waals surface area (Å²) in [6, 6.07) is -1.37. The van der Waals surface area contributed by atoms with Gasteiger partial charge in [-0.3, -0.25) is 32.5 Å². The van der Waals surface area contributed by atoms with Crippen LogP contribution < -0.4 is 22.1 Å². The lowest BCUT2D eigenvalue weighted by molar-refractivity contribution is -0.0501. The number of aromatic nitrogens is 8. The molecular formula is C21H26FN11O9P2S2. The SMILES string of the molecule is COC1C2COP(=O)(S)NC3C(CO[P@@](=O)(S)OC1C(n1cnc4c(=O)[nH]c(N)nc41)O2)OC(n1cnc2c(N)ncnc21)C3F. The van der Waals surface area contributed by atoms with E-state index in [0.29, 0.717) is 0 Å². The average molecular weight is 722 g/mol. The Hall–Kier alpha value is -2.69. The fourth-order valence-electron chi connectivity index (χ4n) is 5.64. The van der Waals surface area contributed by atoms with E-state index in [4.69, 9.17) is 39.2 Å². The molecule has 7 heterocycles. The number of nitrogen functional groups attached to an aromatic ring is 2. The number of alkyl halides is 1. The number of hydrogen-bond acceptors (Lipinski definition) is 16. The van der Waals surface area contributed by atoms with Crippen molar-refractivity contribution < 1.29 is 41.3 Å². The van der Waals surface area contributed by atoms with Gasteiger partial charge in [-0.25, -0.2) is 34.0 Å². The first kappa shape index (κ1) is 31.9. The van der Waals surface area contributed by atoms with Crippen LogP contribution in [0.25, 0.3) is 22.3 Å². The van der Waals surface area contributed by atoms with Crippen LogP contribution in [-0.4, -0.2) is 96.0 Å². The number of imidazole rings is 2. The summed E-state index contributed by atoms with van der Waals surface area (Å²) in [7, 11) is 1.33. The number of anilines is 2. The van der Waals surface area contributed by atoms with E-state index in [1.807, 2.05) is 0 Å². The van der Waals surface area contributed by atoms with E-state index in [0.717, 1.165) is 0 Å². The predicted octanol–water partition coefficient (Wildman–Crippen LogP) is 0.738. The summed E-state index contributed by atoms with van der Waals surface area (Å²) in [4.78, 5) is 35.1. The lowest BCUT2D eigenvalue weighted by atomic mass is 10.1. The Morgan fingerprint density at radius 3 is 2.46 bits per heavy atom. The number of thiol groups is 2. The molecule has 10 atom stereocenters. The van der Waals surface area contributed by atoms with Crippen molar-refractivity contribution in [1.82, 2.24) is 44.1 Å². The molecule has 7 rings (SSSR count). The minimum absolute atomic E-state index is 0.0233. The topological polar surface area (TPSA) is 261 Å². The number of aromatic amines is 1. The van der Waals surface area contributed by atoms with Gasteiger partial charge in [0.05, 0.1) is 31.9 Å². The summed E-state index contributed by atoms with van der Waals surface area (Å²) in [5.74, 6) is -0.123. The zero-order chi connectivity index (χ0) is 32.5. The van der Waals surface area contributed by atoms with Gasteiger partial charge in [-0.2, -0.15) is 4.98 Å². The van der Waals surface area contributed by atoms with Crippen LogP contribution in [0.2, 0.25) is 0 Å². The fourth-order valence-corrected chi connectivity index (χ4v) is 8.80. The highest BCUT2D eigenvalue weighted by molar-refractivity contribution is 8.45. The van der Waals surface area contributed by atoms with Crippen molar-refractivity contribution in [2.75, 3.05) is 31.8 Å². The van der Waals surface area contributed by atoms with Gasteiger partial charge in [0.2, 0.25) is 5.95 Å². The minimum Gasteiger partial charge on any atom is -0.382 e. The second-order valence-corrected chi connectivity index (χ2v) is 16.5. The van der Waals surface area contributed by atoms with Crippen LogP contribution >= 0.6 is 38.0 Å². The Labute approximate surface area is 267 Å². The van der Waals surface area contributed by atoms with Gasteiger partial charge < -0.3 is 30.2 Å². The first-order valence-electron chi connectivity index (χ1n) is 13.4. The van der Waals surface area contributed by atoms with Gasteiger partial charge in [-0.15, -0.1) is 0 Å². The summed E-state index contributed by atoms with van der Waals surface area (Å²) in [6.45, 7) is -9.42. The number of nitrogens with zero attached hydrogens (tertiary/aromatic N) is 7. The normalized spacial score (nSPS) is 37.1. The Kier molecular flexibility index (Phi) is 8.16. The Morgan fingerprint density at radius 2 is 1.70 bits per heavy atom. The first-order chi connectivity index (χ1) is 21.9. The maximum absolute atomic E-state index is 16.1. The van der Waals surface area contributed by atoms with Crippen molar-refractivity contribution in [3.63, 3.8) is 0 Å². The monoisotopic (exact) mass is 721 g/mol. The molecule has 20 nitrogen and oxygen atoms in total. The number of H-pyrrole nitrogens is 1. The van der Waals surface area contributed by atoms with Gasteiger partial charge in [-0.1, -0.05) is 24.5 Å². The number of nitrogens with two attached hydrogens (primary N) is 2. The molecule has 0 spiro atoms. The van der Waals surface area contributed by atoms with E-state index in [-0.39, 0.29) is 34.1 Å². The standard InChI is InChI=1S/C21H26FN11O9P2S2/c1-37-13-8-3-38-43(35,45)31-10-7(40-19(9(10)22)32-5-27-11-15(23)25-4-26-16(11)32)2-39-44(36,46)42-14(13)20(41-8)33-6-28-12-17(33)29-21(24)30-18(12)34/h4-10,13-14,19-20H,2-3H2,1H3,(H,36,46)(H2,23,25,26)(H2,31,35,45)(H3,24,29,30,34)/t7?,8?,9?,10?,13?,14?,19?,20?,43?,44-/m1/s1. The zero-order valence-corrected chi connectivity index (χ0v) is 27.0. The molecule has 2 bridgehead atoms. The number of fused-ring (bicyclic) bond motifs is 5. The minimum atomic E-state index is -4.32. The molecule has 0 amide bonds. The van der Waals surface area contributed by atoms with Crippen LogP contribution in [0.1, 0.15) is 12.5 Å². The van der Waals surface area contributed by atoms with Crippen molar-refractivity contribution in [2.24, 2.45) is 0 Å². The third-order valence-electron chi connectivity index (χ3n) is 7.66. The molecular weight excluding hydrogens is 695 g/mol. The number of halogens is 1. The summed E-state index contributed by atoms with van der Waals surface area (Å²) in [5.41, 5.74) is 11.4. The average Bonchev–Trinajstić information content (AvgIpc) is 3.75. The smallest absolute Gasteiger partial charge is 0.382 e. The third kappa shape index (κ3) is 5.62. The quantitative estimate of drug-likeness (QED) is 0.126. The molecule has 25 heteroatoms. The van der Waals surface area contributed by atoms with Gasteiger partial charge in [0, 0.05) is 7.11 Å². The van der Waals surface area contributed by atoms with Crippen molar-refractivity contribution in [2.45, 2.75) is 49.1 Å². The van der Waals surface area contributed by atoms with Crippen LogP contribution in [0.3, 0.4) is 0 Å². The van der Waals surface area contributed by atoms with Crippen molar-refractivity contribution >= 4 is 72.1 Å². The van der Waals surface area contributed by atoms with E-state index in [1.54, 1.807) is 0 Å². The number of rotatable bonds is 3. The van der Waals surface area contributed by atoms with E-state index >= 15 is 4.39 Å². The maximum atomic E-state index is 16.1. The number of hydrogen-bond donors (Lipinski definition) is 6. The van der Waals surface area contributed by atoms with Crippen LogP contribution in [0.4, 0.5) is 16.2 Å². The third-order valence-corrected chi connectivity index (χ3v) is 11.1. The van der Waals surface area contributed by atoms with Crippen molar-refractivity contribution in [1.29, 1.82) is 0 Å². The van der Waals surface area contributed by atoms with Crippen LogP contribution in [0, 0.1) is 0 Å². The van der Waals surface area contributed by atoms with Gasteiger partial charge in [0.15, 0.2) is 41.3 Å². The molecule has 4 aromatic rings. The molecule has 46 heavy (non-hydrogen) atoms. The highest BCUT2D eigenvalue weighted by Crippen LogP contribution is 2.58. The molecule has 0 saturated carbocycles. The Balaban J connectivity index is 1.22. The number of ether oxygens (including phenoxy) is 3. The van der Waals surface area contributed by atoms with E-state index in [1.165, 1.54) is 35.2 Å². The zero-order valence-electron chi connectivity index (χ0n) is 23.4. The molecule has 0 radical (unpaired) electrons. The van der Waals surface area contributed by atoms with Gasteiger partial charge >= 0.3 is 13.5 Å². The van der Waals surface area contributed by atoms with E-state index < -0.39 is 81.4 Å². The van der Waals surface area contributed by atoms with Crippen LogP contribution in [0.5, 0.6) is 0 Å². The highest BCUT2D eigenvalue weighted by Gasteiger charge is 2.53. The Morgan fingerprint density at radius 1 is 1.00 bits per heavy atom. The molecule has 0 aliphatic carbocycles. The van der Waals surface area contributed by atoms with Gasteiger partial charge in [-0.05, 0) is 0 Å². The molecule has 3 aliphatic rings. The number of methoxy groups -OCH3 is 1. The molecule has 3 saturated heterocycles. The lowest BCUT2D eigenvalue weighted by Gasteiger charge is -2.27. The van der Waals surface area contributed by atoms with Crippen molar-refractivity contribution in [3.05, 3.63) is 29.3 Å². The fraction of sp³-hybridized carbons (Fsp3) is 0.524. The second-order valence-electron chi connectivity index (χ2n) is 10.4. The molecule has 3 aliphatic heterocycles. The molecule has 4 aromatic heterocycles. The molecule has 6 N–H and O–H groups in total. The van der Waals surface area contributed by atoms with Gasteiger partial charge in [0.25, 0.3) is 5.56 Å². The Bertz CT molecular complexity index is 1970. The first-order valence-corrected chi connectivity index (χ1v) is 18.9. The lowest BCUT2D eigenvalue weighted by Crippen LogP contribution is -2.42. The second kappa shape index (κ2) is 11.8. The van der Waals surface area contributed by atoms with Crippen molar-refractivity contribution in [3.8, 4) is 0 Å². The summed E-state index contributed by atoms with van der Waals surface area (Å²) < 4.78 is 80.9. The van der Waals surface area contributed by atoms with E-state index in [9.17, 15) is 13.9 Å². The summed E-state index contributed by atoms with van der Waals surface area (Å²) >= 11 is 8.33. The molecule has 3 fully saturated rings. The van der Waals surface area contributed by atoms with Crippen LogP contribution in [-0.2, 0) is 36.9 Å². The van der Waals surface area contributed by atoms with Crippen LogP contribution in [0.15, 0.2) is 23.8 Å². The molecule has 0 aromatic carbocycles. The summed E-state index contributed by atoms with van der Waals surface area (Å²) in [6.07, 6.45) is -5.32. The summed E-state index contributed by atoms with van der Waals surface area (Å²) in [5, 5.41) is 2.59. The van der Waals surface area contributed by atoms with E-state index in [2.05, 4.69) is 59.5 Å². The molecule has 9 unspecified atom stereocenters. The number of nitrogens with one attached hydrogen (secondary N) is 2. The predicted molar refractivity (Wildman–Crippen MR) is 163 cm³/mol. The largest absolute Gasteiger partial charge is 0.386 e. The molecule has 248 valence electrons.